The van der Waals surface area contributed by atoms with Gasteiger partial charge in [-0.2, -0.15) is 0 Å². The summed E-state index contributed by atoms with van der Waals surface area (Å²) in [5.41, 5.74) is 1.39. The Morgan fingerprint density at radius 2 is 1.47 bits per heavy atom. The molecule has 1 unspecified atom stereocenters. The van der Waals surface area contributed by atoms with Crippen molar-refractivity contribution in [2.24, 2.45) is 0 Å². The van der Waals surface area contributed by atoms with E-state index < -0.39 is 17.7 Å². The summed E-state index contributed by atoms with van der Waals surface area (Å²) in [5.74, 6) is 0.318. The third kappa shape index (κ3) is 4.45. The number of methoxy groups -OCH3 is 3. The lowest BCUT2D eigenvalue weighted by molar-refractivity contribution is -0.132. The molecule has 1 N–H and O–H groups in total. The van der Waals surface area contributed by atoms with Crippen LogP contribution >= 0.6 is 0 Å². The molecule has 1 aliphatic heterocycles. The largest absolute Gasteiger partial charge is 0.507 e. The van der Waals surface area contributed by atoms with E-state index >= 15 is 0 Å². The van der Waals surface area contributed by atoms with Crippen LogP contribution < -0.4 is 23.8 Å². The second-order valence-electron chi connectivity index (χ2n) is 7.94. The third-order valence-corrected chi connectivity index (χ3v) is 5.96. The SMILES string of the molecule is CCOc1ccc(N2C(=O)C(=O)/C(=C(\O)c3ccc(OC)cc3)C2c2ccc(OC)c(OC)c2)cc1. The number of ether oxygens (including phenoxy) is 4. The lowest BCUT2D eigenvalue weighted by Gasteiger charge is -2.26. The molecule has 1 saturated heterocycles. The van der Waals surface area contributed by atoms with Crippen LogP contribution in [0.5, 0.6) is 23.0 Å². The van der Waals surface area contributed by atoms with Crippen LogP contribution in [0.1, 0.15) is 24.1 Å². The number of aliphatic hydroxyl groups excluding tert-OH is 1. The zero-order chi connectivity index (χ0) is 25.8. The highest BCUT2D eigenvalue weighted by Crippen LogP contribution is 2.44. The molecule has 1 fully saturated rings. The average Bonchev–Trinajstić information content (AvgIpc) is 3.18. The van der Waals surface area contributed by atoms with Gasteiger partial charge in [-0.1, -0.05) is 6.07 Å². The van der Waals surface area contributed by atoms with Crippen LogP contribution in [0.4, 0.5) is 5.69 Å². The number of aliphatic hydroxyl groups is 1. The Morgan fingerprint density at radius 3 is 2.06 bits per heavy atom. The normalized spacial score (nSPS) is 16.7. The topological polar surface area (TPSA) is 94.5 Å². The Morgan fingerprint density at radius 1 is 0.833 bits per heavy atom. The molecule has 0 saturated carbocycles. The van der Waals surface area contributed by atoms with Crippen molar-refractivity contribution in [1.82, 2.24) is 0 Å². The Labute approximate surface area is 209 Å². The van der Waals surface area contributed by atoms with Gasteiger partial charge in [0.1, 0.15) is 17.3 Å². The molecule has 8 nitrogen and oxygen atoms in total. The molecular formula is C28H27NO7. The van der Waals surface area contributed by atoms with E-state index in [1.165, 1.54) is 26.2 Å². The second-order valence-corrected chi connectivity index (χ2v) is 7.94. The van der Waals surface area contributed by atoms with Gasteiger partial charge in [0.15, 0.2) is 11.5 Å². The minimum Gasteiger partial charge on any atom is -0.507 e. The molecule has 8 heteroatoms. The summed E-state index contributed by atoms with van der Waals surface area (Å²) in [6.07, 6.45) is 0. The van der Waals surface area contributed by atoms with Gasteiger partial charge < -0.3 is 24.1 Å². The molecule has 0 aromatic heterocycles. The minimum atomic E-state index is -0.912. The van der Waals surface area contributed by atoms with Crippen LogP contribution in [0, 0.1) is 0 Å². The molecule has 186 valence electrons. The van der Waals surface area contributed by atoms with E-state index in [1.807, 2.05) is 6.92 Å². The molecule has 36 heavy (non-hydrogen) atoms. The molecular weight excluding hydrogens is 462 g/mol. The number of Topliss-reactive ketones (excluding diaryl/α,β-unsaturated/α-hetero) is 1. The first-order valence-electron chi connectivity index (χ1n) is 11.3. The minimum absolute atomic E-state index is 0.0359. The fraction of sp³-hybridized carbons (Fsp3) is 0.214. The van der Waals surface area contributed by atoms with Gasteiger partial charge >= 0.3 is 0 Å². The van der Waals surface area contributed by atoms with Crippen LogP contribution in [0.2, 0.25) is 0 Å². The lowest BCUT2D eigenvalue weighted by atomic mass is 9.94. The summed E-state index contributed by atoms with van der Waals surface area (Å²) in [5, 5.41) is 11.3. The molecule has 1 amide bonds. The lowest BCUT2D eigenvalue weighted by Crippen LogP contribution is -2.29. The summed E-state index contributed by atoms with van der Waals surface area (Å²) in [6.45, 7) is 2.38. The van der Waals surface area contributed by atoms with E-state index in [2.05, 4.69) is 0 Å². The number of ketones is 1. The zero-order valence-corrected chi connectivity index (χ0v) is 20.5. The third-order valence-electron chi connectivity index (χ3n) is 5.96. The molecule has 0 aliphatic carbocycles. The maximum absolute atomic E-state index is 13.3. The van der Waals surface area contributed by atoms with E-state index in [0.717, 1.165) is 0 Å². The smallest absolute Gasteiger partial charge is 0.300 e. The summed E-state index contributed by atoms with van der Waals surface area (Å²) < 4.78 is 21.5. The monoisotopic (exact) mass is 489 g/mol. The van der Waals surface area contributed by atoms with Gasteiger partial charge in [0.25, 0.3) is 11.7 Å². The number of rotatable bonds is 8. The van der Waals surface area contributed by atoms with Crippen molar-refractivity contribution in [2.45, 2.75) is 13.0 Å². The maximum atomic E-state index is 13.3. The van der Waals surface area contributed by atoms with E-state index in [0.29, 0.717) is 46.4 Å². The van der Waals surface area contributed by atoms with E-state index in [9.17, 15) is 14.7 Å². The van der Waals surface area contributed by atoms with Crippen LogP contribution in [0.3, 0.4) is 0 Å². The van der Waals surface area contributed by atoms with E-state index in [1.54, 1.807) is 66.7 Å². The van der Waals surface area contributed by atoms with Crippen molar-refractivity contribution in [1.29, 1.82) is 0 Å². The predicted octanol–water partition coefficient (Wildman–Crippen LogP) is 4.74. The first-order valence-corrected chi connectivity index (χ1v) is 11.3. The average molecular weight is 490 g/mol. The number of anilines is 1. The van der Waals surface area contributed by atoms with Crippen LogP contribution in [-0.2, 0) is 9.59 Å². The van der Waals surface area contributed by atoms with Gasteiger partial charge in [0, 0.05) is 11.3 Å². The predicted molar refractivity (Wildman–Crippen MR) is 135 cm³/mol. The summed E-state index contributed by atoms with van der Waals surface area (Å²) >= 11 is 0. The number of hydrogen-bond donors (Lipinski definition) is 1. The fourth-order valence-electron chi connectivity index (χ4n) is 4.21. The summed E-state index contributed by atoms with van der Waals surface area (Å²) in [4.78, 5) is 28.1. The number of nitrogens with zero attached hydrogens (tertiary/aromatic N) is 1. The molecule has 3 aromatic rings. The molecule has 1 atom stereocenters. The number of carbonyl (C=O) groups is 2. The van der Waals surface area contributed by atoms with Crippen molar-refractivity contribution in [3.05, 3.63) is 83.4 Å². The van der Waals surface area contributed by atoms with E-state index in [-0.39, 0.29) is 11.3 Å². The van der Waals surface area contributed by atoms with Gasteiger partial charge in [-0.25, -0.2) is 0 Å². The highest BCUT2D eigenvalue weighted by Gasteiger charge is 2.47. The van der Waals surface area contributed by atoms with Gasteiger partial charge in [0.05, 0.1) is 39.6 Å². The molecule has 1 heterocycles. The number of benzene rings is 3. The number of hydrogen-bond acceptors (Lipinski definition) is 7. The first-order chi connectivity index (χ1) is 17.4. The van der Waals surface area contributed by atoms with Gasteiger partial charge in [-0.05, 0) is 73.2 Å². The quantitative estimate of drug-likeness (QED) is 0.278. The summed E-state index contributed by atoms with van der Waals surface area (Å²) in [7, 11) is 4.56. The molecule has 0 bridgehead atoms. The highest BCUT2D eigenvalue weighted by atomic mass is 16.5. The Hall–Kier alpha value is -4.46. The van der Waals surface area contributed by atoms with Crippen molar-refractivity contribution in [3.63, 3.8) is 0 Å². The maximum Gasteiger partial charge on any atom is 0.300 e. The second kappa shape index (κ2) is 10.4. The van der Waals surface area contributed by atoms with Crippen molar-refractivity contribution < 1.29 is 33.6 Å². The van der Waals surface area contributed by atoms with E-state index in [4.69, 9.17) is 18.9 Å². The molecule has 0 spiro atoms. The van der Waals surface area contributed by atoms with Crippen molar-refractivity contribution >= 4 is 23.1 Å². The standard InChI is InChI=1S/C28H27NO7/c1-5-36-21-13-9-19(10-14-21)29-25(18-8-15-22(34-3)23(16-18)35-4)24(27(31)28(29)32)26(30)17-6-11-20(33-2)12-7-17/h6-16,25,30H,5H2,1-4H3/b26-24-. The Bertz CT molecular complexity index is 1300. The Balaban J connectivity index is 1.91. The number of amides is 1. The molecule has 4 rings (SSSR count). The van der Waals surface area contributed by atoms with Gasteiger partial charge in [0.2, 0.25) is 0 Å². The van der Waals surface area contributed by atoms with Crippen molar-refractivity contribution in [3.8, 4) is 23.0 Å². The van der Waals surface area contributed by atoms with Gasteiger partial charge in [-0.15, -0.1) is 0 Å². The zero-order valence-electron chi connectivity index (χ0n) is 20.5. The highest BCUT2D eigenvalue weighted by molar-refractivity contribution is 6.51. The fourth-order valence-corrected chi connectivity index (χ4v) is 4.21. The van der Waals surface area contributed by atoms with Gasteiger partial charge in [-0.3, -0.25) is 14.5 Å². The van der Waals surface area contributed by atoms with Crippen LogP contribution in [-0.4, -0.2) is 44.7 Å². The molecule has 1 aliphatic rings. The summed E-state index contributed by atoms with van der Waals surface area (Å²) in [6, 6.07) is 17.7. The van der Waals surface area contributed by atoms with Crippen LogP contribution in [0.25, 0.3) is 5.76 Å². The van der Waals surface area contributed by atoms with Crippen molar-refractivity contribution in [2.75, 3.05) is 32.8 Å². The molecule has 3 aromatic carbocycles. The Kier molecular flexibility index (Phi) is 7.15. The van der Waals surface area contributed by atoms with Crippen LogP contribution in [0.15, 0.2) is 72.3 Å². The first kappa shape index (κ1) is 24.7. The number of carbonyl (C=O) groups excluding carboxylic acids is 2. The molecule has 0 radical (unpaired) electrons.